The van der Waals surface area contributed by atoms with Crippen LogP contribution in [-0.2, 0) is 15.9 Å². The number of benzene rings is 1. The lowest BCUT2D eigenvalue weighted by atomic mass is 9.74. The van der Waals surface area contributed by atoms with E-state index < -0.39 is 0 Å². The van der Waals surface area contributed by atoms with Gasteiger partial charge in [0.1, 0.15) is 17.8 Å². The summed E-state index contributed by atoms with van der Waals surface area (Å²) >= 11 is 0. The molecule has 6 rings (SSSR count). The average molecular weight is 514 g/mol. The molecule has 6 heteroatoms. The van der Waals surface area contributed by atoms with Crippen LogP contribution < -0.4 is 0 Å². The van der Waals surface area contributed by atoms with E-state index in [1.807, 2.05) is 6.20 Å². The number of rotatable bonds is 8. The Morgan fingerprint density at radius 2 is 1.89 bits per heavy atom. The van der Waals surface area contributed by atoms with E-state index in [4.69, 9.17) is 13.9 Å². The number of ether oxygens (including phenoxy) is 2. The van der Waals surface area contributed by atoms with E-state index in [1.54, 1.807) is 18.9 Å². The molecule has 3 unspecified atom stereocenters. The summed E-state index contributed by atoms with van der Waals surface area (Å²) in [5.41, 5.74) is 2.84. The van der Waals surface area contributed by atoms with Crippen LogP contribution in [0.4, 0.5) is 0 Å². The minimum atomic E-state index is 0.278. The van der Waals surface area contributed by atoms with Gasteiger partial charge in [-0.15, -0.1) is 0 Å². The Hall–Kier alpha value is -3.25. The normalized spacial score (nSPS) is 25.1. The predicted molar refractivity (Wildman–Crippen MR) is 147 cm³/mol. The van der Waals surface area contributed by atoms with Crippen molar-refractivity contribution in [3.05, 3.63) is 102 Å². The molecule has 2 aliphatic heterocycles. The fourth-order valence-electron chi connectivity index (χ4n) is 6.62. The zero-order valence-corrected chi connectivity index (χ0v) is 22.2. The summed E-state index contributed by atoms with van der Waals surface area (Å²) in [7, 11) is 0. The zero-order chi connectivity index (χ0) is 25.6. The number of nitrogens with zero attached hydrogens (tertiary/aromatic N) is 3. The molecule has 1 aromatic heterocycles. The number of piperazine rings is 1. The molecule has 1 saturated heterocycles. The lowest BCUT2D eigenvalue weighted by Gasteiger charge is -2.44. The van der Waals surface area contributed by atoms with Crippen LogP contribution in [0.2, 0.25) is 0 Å². The number of hydrogen-bond acceptors (Lipinski definition) is 6. The first-order chi connectivity index (χ1) is 18.8. The van der Waals surface area contributed by atoms with Crippen molar-refractivity contribution >= 4 is 0 Å². The highest BCUT2D eigenvalue weighted by molar-refractivity contribution is 5.22. The molecule has 3 heterocycles. The summed E-state index contributed by atoms with van der Waals surface area (Å²) in [4.78, 5) is 9.20. The summed E-state index contributed by atoms with van der Waals surface area (Å²) in [6.07, 6.45) is 22.9. The second kappa shape index (κ2) is 12.1. The van der Waals surface area contributed by atoms with Gasteiger partial charge >= 0.3 is 0 Å². The highest BCUT2D eigenvalue weighted by Crippen LogP contribution is 2.42. The van der Waals surface area contributed by atoms with Crippen molar-refractivity contribution < 1.29 is 13.9 Å². The van der Waals surface area contributed by atoms with Gasteiger partial charge in [0.05, 0.1) is 12.2 Å². The SMILES string of the molecule is C1=CCCC(CC2=COC(N3CCN(C(c4cnco4)C4CCCC(Cc5ccccc5)C4)CC3)=CO2)=C1. The van der Waals surface area contributed by atoms with Crippen LogP contribution in [0.1, 0.15) is 62.3 Å². The number of hydrogen-bond donors (Lipinski definition) is 0. The van der Waals surface area contributed by atoms with Gasteiger partial charge in [0.25, 0.3) is 0 Å². The molecule has 0 amide bonds. The fourth-order valence-corrected chi connectivity index (χ4v) is 6.62. The molecule has 6 nitrogen and oxygen atoms in total. The van der Waals surface area contributed by atoms with Crippen LogP contribution in [-0.4, -0.2) is 41.0 Å². The van der Waals surface area contributed by atoms with Gasteiger partial charge in [-0.3, -0.25) is 4.90 Å². The lowest BCUT2D eigenvalue weighted by molar-refractivity contribution is 0.0270. The maximum absolute atomic E-state index is 6.03. The maximum atomic E-state index is 6.03. The Morgan fingerprint density at radius 3 is 2.63 bits per heavy atom. The molecule has 1 aromatic carbocycles. The standard InChI is InChI=1S/C32H39N3O3/c1-3-8-25(9-4-1)18-27-12-7-13-28(19-27)32(30-21-33-24-38-30)35-16-14-34(15-17-35)31-23-36-29(22-37-31)20-26-10-5-2-6-11-26/h1-5,8-10,21-24,27-28,32H,6-7,11-20H2. The van der Waals surface area contributed by atoms with Crippen molar-refractivity contribution in [3.63, 3.8) is 0 Å². The minimum absolute atomic E-state index is 0.278. The maximum Gasteiger partial charge on any atom is 0.231 e. The van der Waals surface area contributed by atoms with Gasteiger partial charge in [0, 0.05) is 32.6 Å². The molecule has 0 spiro atoms. The molecular formula is C32H39N3O3. The fraction of sp³-hybridized carbons (Fsp3) is 0.469. The topological polar surface area (TPSA) is 51.0 Å². The molecule has 0 bridgehead atoms. The smallest absolute Gasteiger partial charge is 0.231 e. The molecular weight excluding hydrogens is 474 g/mol. The number of allylic oxidation sites excluding steroid dienone is 4. The molecule has 200 valence electrons. The van der Waals surface area contributed by atoms with Crippen LogP contribution in [0, 0.1) is 11.8 Å². The van der Waals surface area contributed by atoms with Crippen molar-refractivity contribution in [2.24, 2.45) is 11.8 Å². The summed E-state index contributed by atoms with van der Waals surface area (Å²) < 4.78 is 17.9. The van der Waals surface area contributed by atoms with E-state index >= 15 is 0 Å². The third-order valence-corrected chi connectivity index (χ3v) is 8.52. The van der Waals surface area contributed by atoms with Crippen molar-refractivity contribution in [1.29, 1.82) is 0 Å². The van der Waals surface area contributed by atoms with Crippen LogP contribution in [0.5, 0.6) is 0 Å². The van der Waals surface area contributed by atoms with Crippen LogP contribution >= 0.6 is 0 Å². The van der Waals surface area contributed by atoms with Crippen molar-refractivity contribution in [1.82, 2.24) is 14.8 Å². The van der Waals surface area contributed by atoms with Crippen LogP contribution in [0.25, 0.3) is 0 Å². The Bertz CT molecular complexity index is 1160. The quantitative estimate of drug-likeness (QED) is 0.390. The first kappa shape index (κ1) is 25.1. The van der Waals surface area contributed by atoms with E-state index in [-0.39, 0.29) is 6.04 Å². The summed E-state index contributed by atoms with van der Waals surface area (Å²) in [6, 6.07) is 11.2. The monoisotopic (exact) mass is 513 g/mol. The van der Waals surface area contributed by atoms with Gasteiger partial charge in [-0.05, 0) is 49.5 Å². The van der Waals surface area contributed by atoms with E-state index in [1.165, 1.54) is 43.2 Å². The van der Waals surface area contributed by atoms with Gasteiger partial charge in [0.15, 0.2) is 12.7 Å². The third-order valence-electron chi connectivity index (χ3n) is 8.52. The molecule has 2 fully saturated rings. The van der Waals surface area contributed by atoms with E-state index in [0.717, 1.165) is 68.8 Å². The Labute approximate surface area is 226 Å². The first-order valence-corrected chi connectivity index (χ1v) is 14.3. The summed E-state index contributed by atoms with van der Waals surface area (Å²) in [6.45, 7) is 3.72. The Morgan fingerprint density at radius 1 is 1.00 bits per heavy atom. The van der Waals surface area contributed by atoms with Gasteiger partial charge in [-0.25, -0.2) is 4.98 Å². The van der Waals surface area contributed by atoms with Gasteiger partial charge in [0.2, 0.25) is 5.88 Å². The molecule has 4 aliphatic rings. The van der Waals surface area contributed by atoms with Gasteiger partial charge < -0.3 is 18.8 Å². The van der Waals surface area contributed by atoms with Crippen LogP contribution in [0.15, 0.2) is 95.3 Å². The second-order valence-corrected chi connectivity index (χ2v) is 11.1. The van der Waals surface area contributed by atoms with Crippen LogP contribution in [0.3, 0.4) is 0 Å². The minimum Gasteiger partial charge on any atom is -0.460 e. The molecule has 1 saturated carbocycles. The number of oxazole rings is 1. The molecule has 0 N–H and O–H groups in total. The third kappa shape index (κ3) is 6.07. The average Bonchev–Trinajstić information content (AvgIpc) is 3.50. The summed E-state index contributed by atoms with van der Waals surface area (Å²) in [5, 5.41) is 0. The predicted octanol–water partition coefficient (Wildman–Crippen LogP) is 6.74. The number of aromatic nitrogens is 1. The van der Waals surface area contributed by atoms with Gasteiger partial charge in [-0.1, -0.05) is 67.0 Å². The highest BCUT2D eigenvalue weighted by Gasteiger charge is 2.37. The first-order valence-electron chi connectivity index (χ1n) is 14.3. The van der Waals surface area contributed by atoms with Crippen molar-refractivity contribution in [2.75, 3.05) is 26.2 Å². The lowest BCUT2D eigenvalue weighted by Crippen LogP contribution is -2.49. The Balaban J connectivity index is 1.06. The zero-order valence-electron chi connectivity index (χ0n) is 22.2. The van der Waals surface area contributed by atoms with Crippen molar-refractivity contribution in [2.45, 2.75) is 57.4 Å². The van der Waals surface area contributed by atoms with E-state index in [0.29, 0.717) is 5.92 Å². The molecule has 2 aliphatic carbocycles. The largest absolute Gasteiger partial charge is 0.460 e. The molecule has 3 atom stereocenters. The van der Waals surface area contributed by atoms with E-state index in [9.17, 15) is 0 Å². The summed E-state index contributed by atoms with van der Waals surface area (Å²) in [5.74, 6) is 4.01. The van der Waals surface area contributed by atoms with Gasteiger partial charge in [-0.2, -0.15) is 0 Å². The highest BCUT2D eigenvalue weighted by atomic mass is 16.6. The molecule has 38 heavy (non-hydrogen) atoms. The Kier molecular flexibility index (Phi) is 7.96. The second-order valence-electron chi connectivity index (χ2n) is 11.1. The molecule has 2 aromatic rings. The van der Waals surface area contributed by atoms with E-state index in [2.05, 4.69) is 63.3 Å². The molecule has 0 radical (unpaired) electrons. The van der Waals surface area contributed by atoms with Crippen molar-refractivity contribution in [3.8, 4) is 0 Å².